The third kappa shape index (κ3) is 4.94. The van der Waals surface area contributed by atoms with Crippen molar-refractivity contribution in [2.45, 2.75) is 6.36 Å². The van der Waals surface area contributed by atoms with Gasteiger partial charge in [0.05, 0.1) is 7.11 Å². The van der Waals surface area contributed by atoms with Crippen LogP contribution in [-0.4, -0.2) is 29.6 Å². The number of benzene rings is 1. The second-order valence-electron chi connectivity index (χ2n) is 4.00. The van der Waals surface area contributed by atoms with E-state index in [0.717, 1.165) is 12.1 Å². The Morgan fingerprint density at radius 1 is 1.17 bits per heavy atom. The molecule has 0 fully saturated rings. The highest BCUT2D eigenvalue weighted by molar-refractivity contribution is 14.1. The van der Waals surface area contributed by atoms with E-state index >= 15 is 0 Å². The number of halogens is 4. The molecule has 122 valence electrons. The molecule has 6 nitrogen and oxygen atoms in total. The molecule has 0 radical (unpaired) electrons. The Morgan fingerprint density at radius 3 is 2.52 bits per heavy atom. The molecule has 0 unspecified atom stereocenters. The maximum atomic E-state index is 12.2. The Labute approximate surface area is 141 Å². The third-order valence-corrected chi connectivity index (χ3v) is 2.92. The first-order chi connectivity index (χ1) is 10.8. The molecule has 2 aromatic rings. The van der Waals surface area contributed by atoms with Gasteiger partial charge >= 0.3 is 12.3 Å². The molecule has 23 heavy (non-hydrogen) atoms. The van der Waals surface area contributed by atoms with E-state index in [4.69, 9.17) is 4.74 Å². The Bertz CT molecular complexity index is 725. The molecular formula is C13H8F3IN2O4. The summed E-state index contributed by atoms with van der Waals surface area (Å²) in [6.07, 6.45) is -4.82. The maximum Gasteiger partial charge on any atom is 0.573 e. The summed E-state index contributed by atoms with van der Waals surface area (Å²) < 4.78 is 50.8. The molecule has 10 heteroatoms. The predicted octanol–water partition coefficient (Wildman–Crippen LogP) is 3.56. The summed E-state index contributed by atoms with van der Waals surface area (Å²) in [5.41, 5.74) is -0.00552. The Morgan fingerprint density at radius 2 is 1.87 bits per heavy atom. The molecule has 0 atom stereocenters. The average molecular weight is 440 g/mol. The summed E-state index contributed by atoms with van der Waals surface area (Å²) in [6, 6.07) is 6.18. The molecule has 0 aliphatic rings. The average Bonchev–Trinajstić information content (AvgIpc) is 2.47. The van der Waals surface area contributed by atoms with Gasteiger partial charge in [-0.1, -0.05) is 6.07 Å². The van der Waals surface area contributed by atoms with Gasteiger partial charge in [0.1, 0.15) is 20.8 Å². The minimum absolute atomic E-state index is 0.00552. The van der Waals surface area contributed by atoms with E-state index in [1.807, 2.05) is 22.6 Å². The van der Waals surface area contributed by atoms with Crippen molar-refractivity contribution in [3.63, 3.8) is 0 Å². The molecule has 0 saturated carbocycles. The zero-order valence-electron chi connectivity index (χ0n) is 11.4. The summed E-state index contributed by atoms with van der Waals surface area (Å²) in [5, 5.41) is 7.43. The van der Waals surface area contributed by atoms with Gasteiger partial charge in [-0.15, -0.1) is 23.4 Å². The molecule has 0 spiro atoms. The van der Waals surface area contributed by atoms with Crippen LogP contribution in [0.1, 0.15) is 10.4 Å². The Balaban J connectivity index is 2.29. The van der Waals surface area contributed by atoms with Gasteiger partial charge in [0.2, 0.25) is 0 Å². The number of carbonyl (C=O) groups excluding carboxylic acids is 1. The number of methoxy groups -OCH3 is 1. The minimum Gasteiger partial charge on any atom is -0.465 e. The lowest BCUT2D eigenvalue weighted by atomic mass is 10.3. The van der Waals surface area contributed by atoms with Crippen LogP contribution in [0.3, 0.4) is 0 Å². The molecule has 1 aromatic carbocycles. The predicted molar refractivity (Wildman–Crippen MR) is 79.3 cm³/mol. The van der Waals surface area contributed by atoms with E-state index in [0.29, 0.717) is 3.70 Å². The highest BCUT2D eigenvalue weighted by atomic mass is 127. The monoisotopic (exact) mass is 440 g/mol. The van der Waals surface area contributed by atoms with E-state index in [2.05, 4.69) is 19.7 Å². The maximum absolute atomic E-state index is 12.2. The van der Waals surface area contributed by atoms with Crippen molar-refractivity contribution < 1.29 is 32.2 Å². The van der Waals surface area contributed by atoms with Crippen LogP contribution in [0.2, 0.25) is 0 Å². The zero-order chi connectivity index (χ0) is 17.0. The van der Waals surface area contributed by atoms with Gasteiger partial charge in [0.25, 0.3) is 5.88 Å². The fourth-order valence-electron chi connectivity index (χ4n) is 1.53. The molecule has 2 rings (SSSR count). The summed E-state index contributed by atoms with van der Waals surface area (Å²) >= 11 is 1.84. The molecular weight excluding hydrogens is 432 g/mol. The molecule has 0 amide bonds. The second kappa shape index (κ2) is 6.98. The summed E-state index contributed by atoms with van der Waals surface area (Å²) in [6.45, 7) is 0. The fourth-order valence-corrected chi connectivity index (χ4v) is 1.95. The van der Waals surface area contributed by atoms with Crippen molar-refractivity contribution in [1.82, 2.24) is 10.2 Å². The SMILES string of the molecule is COC(=O)c1cc(I)nnc1Oc1cccc(OC(F)(F)F)c1. The van der Waals surface area contributed by atoms with Gasteiger partial charge in [-0.25, -0.2) is 4.79 Å². The quantitative estimate of drug-likeness (QED) is 0.535. The number of ether oxygens (including phenoxy) is 3. The number of alkyl halides is 3. The van der Waals surface area contributed by atoms with Crippen LogP contribution in [0, 0.1) is 3.70 Å². The lowest BCUT2D eigenvalue weighted by molar-refractivity contribution is -0.274. The van der Waals surface area contributed by atoms with E-state index in [1.54, 1.807) is 0 Å². The lowest BCUT2D eigenvalue weighted by Gasteiger charge is -2.11. The number of carbonyl (C=O) groups is 1. The van der Waals surface area contributed by atoms with Crippen molar-refractivity contribution in [3.05, 3.63) is 39.6 Å². The van der Waals surface area contributed by atoms with Crippen molar-refractivity contribution >= 4 is 28.6 Å². The summed E-state index contributed by atoms with van der Waals surface area (Å²) in [5.74, 6) is -1.38. The number of rotatable bonds is 4. The van der Waals surface area contributed by atoms with Crippen LogP contribution >= 0.6 is 22.6 Å². The van der Waals surface area contributed by atoms with E-state index in [1.165, 1.54) is 25.3 Å². The largest absolute Gasteiger partial charge is 0.573 e. The standard InChI is InChI=1S/C13H8F3IN2O4/c1-21-12(20)9-6-10(17)18-19-11(9)22-7-3-2-4-8(5-7)23-13(14,15)16/h2-6H,1H3. The number of aromatic nitrogens is 2. The van der Waals surface area contributed by atoms with Gasteiger partial charge in [0.15, 0.2) is 0 Å². The fraction of sp³-hybridized carbons (Fsp3) is 0.154. The number of hydrogen-bond acceptors (Lipinski definition) is 6. The van der Waals surface area contributed by atoms with Crippen LogP contribution in [0.25, 0.3) is 0 Å². The van der Waals surface area contributed by atoms with Crippen LogP contribution in [0.5, 0.6) is 17.4 Å². The Kier molecular flexibility index (Phi) is 5.23. The van der Waals surface area contributed by atoms with Crippen LogP contribution in [-0.2, 0) is 4.74 Å². The van der Waals surface area contributed by atoms with Gasteiger partial charge in [-0.2, -0.15) is 0 Å². The van der Waals surface area contributed by atoms with Gasteiger partial charge < -0.3 is 14.2 Å². The zero-order valence-corrected chi connectivity index (χ0v) is 13.6. The van der Waals surface area contributed by atoms with E-state index in [-0.39, 0.29) is 17.2 Å². The molecule has 0 aliphatic heterocycles. The van der Waals surface area contributed by atoms with Gasteiger partial charge in [-0.05, 0) is 40.8 Å². The first-order valence-corrected chi connectivity index (χ1v) is 7.01. The number of esters is 1. The normalized spacial score (nSPS) is 11.0. The van der Waals surface area contributed by atoms with Crippen molar-refractivity contribution in [3.8, 4) is 17.4 Å². The van der Waals surface area contributed by atoms with E-state index < -0.39 is 18.1 Å². The summed E-state index contributed by atoms with van der Waals surface area (Å²) in [4.78, 5) is 11.7. The molecule has 0 saturated heterocycles. The summed E-state index contributed by atoms with van der Waals surface area (Å²) in [7, 11) is 1.18. The highest BCUT2D eigenvalue weighted by Gasteiger charge is 2.31. The van der Waals surface area contributed by atoms with Crippen LogP contribution in [0.4, 0.5) is 13.2 Å². The molecule has 0 aliphatic carbocycles. The minimum atomic E-state index is -4.82. The number of nitrogens with zero attached hydrogens (tertiary/aromatic N) is 2. The van der Waals surface area contributed by atoms with Crippen molar-refractivity contribution in [2.24, 2.45) is 0 Å². The first kappa shape index (κ1) is 17.2. The Hall–Kier alpha value is -2.11. The van der Waals surface area contributed by atoms with Gasteiger partial charge in [0, 0.05) is 6.07 Å². The van der Waals surface area contributed by atoms with Crippen molar-refractivity contribution in [2.75, 3.05) is 7.11 Å². The highest BCUT2D eigenvalue weighted by Crippen LogP contribution is 2.29. The van der Waals surface area contributed by atoms with Crippen LogP contribution in [0.15, 0.2) is 30.3 Å². The second-order valence-corrected chi connectivity index (χ2v) is 5.11. The molecule has 1 aromatic heterocycles. The topological polar surface area (TPSA) is 70.5 Å². The third-order valence-electron chi connectivity index (χ3n) is 2.39. The van der Waals surface area contributed by atoms with Crippen molar-refractivity contribution in [1.29, 1.82) is 0 Å². The van der Waals surface area contributed by atoms with E-state index in [9.17, 15) is 18.0 Å². The molecule has 0 bridgehead atoms. The molecule has 0 N–H and O–H groups in total. The lowest BCUT2D eigenvalue weighted by Crippen LogP contribution is -2.17. The number of hydrogen-bond donors (Lipinski definition) is 0. The van der Waals surface area contributed by atoms with Gasteiger partial charge in [-0.3, -0.25) is 0 Å². The molecule has 1 heterocycles. The first-order valence-electron chi connectivity index (χ1n) is 5.93. The van der Waals surface area contributed by atoms with Crippen LogP contribution < -0.4 is 9.47 Å². The smallest absolute Gasteiger partial charge is 0.465 e.